The van der Waals surface area contributed by atoms with Gasteiger partial charge in [0.25, 0.3) is 0 Å². The Balaban J connectivity index is 1.97. The Bertz CT molecular complexity index is 981. The van der Waals surface area contributed by atoms with Gasteiger partial charge in [-0.15, -0.1) is 0 Å². The van der Waals surface area contributed by atoms with Crippen LogP contribution in [0.1, 0.15) is 42.6 Å². The van der Waals surface area contributed by atoms with Crippen molar-refractivity contribution in [1.82, 2.24) is 4.90 Å². The topological polar surface area (TPSA) is 48.0 Å². The van der Waals surface area contributed by atoms with Gasteiger partial charge in [0.1, 0.15) is 12.0 Å². The molecule has 0 heterocycles. The largest absolute Gasteiger partial charge is 0.493 e. The van der Waals surface area contributed by atoms with E-state index in [4.69, 9.17) is 14.2 Å². The average molecular weight is 448 g/mol. The lowest BCUT2D eigenvalue weighted by atomic mass is 9.91. The Kier molecular flexibility index (Phi) is 8.50. The molecule has 0 aliphatic heterocycles. The summed E-state index contributed by atoms with van der Waals surface area (Å²) in [7, 11) is 5.23. The minimum atomic E-state index is -0.514. The van der Waals surface area contributed by atoms with Crippen molar-refractivity contribution in [3.05, 3.63) is 95.6 Å². The van der Waals surface area contributed by atoms with E-state index in [1.54, 1.807) is 14.2 Å². The van der Waals surface area contributed by atoms with Crippen molar-refractivity contribution in [3.63, 3.8) is 0 Å². The fourth-order valence-electron chi connectivity index (χ4n) is 3.70. The first-order valence-electron chi connectivity index (χ1n) is 11.2. The summed E-state index contributed by atoms with van der Waals surface area (Å²) in [6, 6.07) is 25.5. The van der Waals surface area contributed by atoms with Gasteiger partial charge < -0.3 is 14.2 Å². The van der Waals surface area contributed by atoms with Crippen LogP contribution in [0.15, 0.2) is 78.9 Å². The number of methoxy groups -OCH3 is 2. The number of nitrogens with zero attached hydrogens (tertiary/aromatic N) is 1. The molecule has 3 rings (SSSR count). The molecular formula is C28H33NO4. The molecule has 5 heteroatoms. The molecule has 0 spiro atoms. The first-order chi connectivity index (χ1) is 15.9. The molecule has 0 bridgehead atoms. The number of ether oxygens (including phenoxy) is 3. The molecule has 0 aromatic heterocycles. The van der Waals surface area contributed by atoms with E-state index in [0.717, 1.165) is 16.7 Å². The summed E-state index contributed by atoms with van der Waals surface area (Å²) in [6.07, 6.45) is -0.473. The number of hydrogen-bond donors (Lipinski definition) is 0. The van der Waals surface area contributed by atoms with E-state index in [-0.39, 0.29) is 5.97 Å². The smallest absolute Gasteiger partial charge is 0.318 e. The van der Waals surface area contributed by atoms with Gasteiger partial charge in [-0.25, -0.2) is 0 Å². The quantitative estimate of drug-likeness (QED) is 0.386. The highest BCUT2D eigenvalue weighted by Crippen LogP contribution is 2.34. The van der Waals surface area contributed by atoms with E-state index >= 15 is 0 Å². The van der Waals surface area contributed by atoms with Crippen molar-refractivity contribution in [1.29, 1.82) is 0 Å². The predicted octanol–water partition coefficient (Wildman–Crippen LogP) is 5.46. The molecule has 33 heavy (non-hydrogen) atoms. The maximum Gasteiger partial charge on any atom is 0.318 e. The summed E-state index contributed by atoms with van der Waals surface area (Å²) in [5.74, 6) is 0.435. The van der Waals surface area contributed by atoms with Crippen LogP contribution in [0.2, 0.25) is 0 Å². The lowest BCUT2D eigenvalue weighted by molar-refractivity contribution is -0.151. The number of benzene rings is 3. The average Bonchev–Trinajstić information content (AvgIpc) is 2.84. The molecule has 0 unspecified atom stereocenters. The predicted molar refractivity (Wildman–Crippen MR) is 131 cm³/mol. The monoisotopic (exact) mass is 447 g/mol. The van der Waals surface area contributed by atoms with Crippen molar-refractivity contribution < 1.29 is 19.0 Å². The molecule has 0 aliphatic rings. The maximum atomic E-state index is 13.7. The molecule has 5 nitrogen and oxygen atoms in total. The Morgan fingerprint density at radius 2 is 1.33 bits per heavy atom. The van der Waals surface area contributed by atoms with E-state index in [2.05, 4.69) is 18.7 Å². The van der Waals surface area contributed by atoms with Crippen LogP contribution in [0.25, 0.3) is 0 Å². The summed E-state index contributed by atoms with van der Waals surface area (Å²) < 4.78 is 17.1. The zero-order valence-electron chi connectivity index (χ0n) is 20.0. The number of hydrogen-bond acceptors (Lipinski definition) is 5. The van der Waals surface area contributed by atoms with E-state index < -0.39 is 12.0 Å². The van der Waals surface area contributed by atoms with Crippen molar-refractivity contribution in [2.75, 3.05) is 27.8 Å². The van der Waals surface area contributed by atoms with Gasteiger partial charge >= 0.3 is 5.97 Å². The molecule has 0 radical (unpaired) electrons. The second-order valence-electron chi connectivity index (χ2n) is 8.33. The lowest BCUT2D eigenvalue weighted by Gasteiger charge is -2.29. The van der Waals surface area contributed by atoms with Crippen molar-refractivity contribution in [3.8, 4) is 11.5 Å². The highest BCUT2D eigenvalue weighted by molar-refractivity contribution is 5.82. The van der Waals surface area contributed by atoms with Crippen molar-refractivity contribution in [2.24, 2.45) is 0 Å². The summed E-state index contributed by atoms with van der Waals surface area (Å²) in [6.45, 7) is 4.78. The Morgan fingerprint density at radius 1 is 0.788 bits per heavy atom. The van der Waals surface area contributed by atoms with Crippen LogP contribution in [-0.2, 0) is 9.53 Å². The number of carbonyl (C=O) groups is 1. The number of rotatable bonds is 10. The van der Waals surface area contributed by atoms with Gasteiger partial charge in [0.2, 0.25) is 0 Å². The third-order valence-electron chi connectivity index (χ3n) is 5.87. The summed E-state index contributed by atoms with van der Waals surface area (Å²) in [5, 5.41) is 0. The highest BCUT2D eigenvalue weighted by Gasteiger charge is 2.29. The van der Waals surface area contributed by atoms with Gasteiger partial charge in [-0.2, -0.15) is 0 Å². The minimum Gasteiger partial charge on any atom is -0.493 e. The molecular weight excluding hydrogens is 414 g/mol. The zero-order valence-corrected chi connectivity index (χ0v) is 20.0. The van der Waals surface area contributed by atoms with Gasteiger partial charge in [-0.3, -0.25) is 9.69 Å². The SMILES string of the molecule is COc1ccc([C@H](CN(C)C(C)C)OC(=O)C(c2ccccc2)c2ccccc2)cc1OC. The molecule has 0 saturated carbocycles. The van der Waals surface area contributed by atoms with Crippen LogP contribution in [0.3, 0.4) is 0 Å². The molecule has 3 aromatic rings. The normalized spacial score (nSPS) is 12.1. The summed E-state index contributed by atoms with van der Waals surface area (Å²) in [4.78, 5) is 15.8. The van der Waals surface area contributed by atoms with E-state index in [1.807, 2.05) is 85.9 Å². The fraction of sp³-hybridized carbons (Fsp3) is 0.321. The third kappa shape index (κ3) is 6.14. The molecule has 0 aliphatic carbocycles. The second kappa shape index (κ2) is 11.5. The van der Waals surface area contributed by atoms with E-state index in [9.17, 15) is 4.79 Å². The number of likely N-dealkylation sites (N-methyl/N-ethyl adjacent to an activating group) is 1. The molecule has 0 N–H and O–H groups in total. The van der Waals surface area contributed by atoms with E-state index in [0.29, 0.717) is 24.1 Å². The van der Waals surface area contributed by atoms with Crippen molar-refractivity contribution >= 4 is 5.97 Å². The van der Waals surface area contributed by atoms with Crippen LogP contribution in [-0.4, -0.2) is 44.7 Å². The Hall–Kier alpha value is -3.31. The molecule has 3 aromatic carbocycles. The maximum absolute atomic E-state index is 13.7. The summed E-state index contributed by atoms with van der Waals surface area (Å²) in [5.41, 5.74) is 2.65. The number of carbonyl (C=O) groups excluding carboxylic acids is 1. The Labute approximate surface area is 196 Å². The first kappa shape index (κ1) is 24.3. The second-order valence-corrected chi connectivity index (χ2v) is 8.33. The van der Waals surface area contributed by atoms with Crippen LogP contribution in [0.4, 0.5) is 0 Å². The molecule has 174 valence electrons. The standard InChI is InChI=1S/C28H33NO4/c1-20(2)29(3)19-26(23-16-17-24(31-4)25(18-23)32-5)33-28(30)27(21-12-8-6-9-13-21)22-14-10-7-11-15-22/h6-18,20,26-27H,19H2,1-5H3/t26-/m0/s1. The lowest BCUT2D eigenvalue weighted by Crippen LogP contribution is -2.33. The van der Waals surface area contributed by atoms with Crippen LogP contribution in [0.5, 0.6) is 11.5 Å². The van der Waals surface area contributed by atoms with Crippen LogP contribution < -0.4 is 9.47 Å². The number of esters is 1. The fourth-order valence-corrected chi connectivity index (χ4v) is 3.70. The first-order valence-corrected chi connectivity index (χ1v) is 11.2. The van der Waals surface area contributed by atoms with Gasteiger partial charge in [-0.1, -0.05) is 66.7 Å². The van der Waals surface area contributed by atoms with Crippen LogP contribution >= 0.6 is 0 Å². The molecule has 0 amide bonds. The van der Waals surface area contributed by atoms with Gasteiger partial charge in [0.05, 0.1) is 14.2 Å². The highest BCUT2D eigenvalue weighted by atomic mass is 16.5. The molecule has 1 atom stereocenters. The van der Waals surface area contributed by atoms with Gasteiger partial charge in [-0.05, 0) is 49.7 Å². The molecule has 0 saturated heterocycles. The third-order valence-corrected chi connectivity index (χ3v) is 5.87. The zero-order chi connectivity index (χ0) is 23.8. The minimum absolute atomic E-state index is 0.288. The van der Waals surface area contributed by atoms with Gasteiger partial charge in [0, 0.05) is 12.6 Å². The summed E-state index contributed by atoms with van der Waals surface area (Å²) >= 11 is 0. The van der Waals surface area contributed by atoms with Crippen LogP contribution in [0, 0.1) is 0 Å². The van der Waals surface area contributed by atoms with E-state index in [1.165, 1.54) is 0 Å². The molecule has 0 fully saturated rings. The van der Waals surface area contributed by atoms with Crippen molar-refractivity contribution in [2.45, 2.75) is 31.9 Å². The Morgan fingerprint density at radius 3 is 1.82 bits per heavy atom. The van der Waals surface area contributed by atoms with Gasteiger partial charge in [0.15, 0.2) is 11.5 Å².